The summed E-state index contributed by atoms with van der Waals surface area (Å²) in [6, 6.07) is 9.09. The van der Waals surface area contributed by atoms with E-state index in [0.29, 0.717) is 12.5 Å². The number of carbonyl (C=O) groups is 1. The molecule has 0 aliphatic carbocycles. The zero-order chi connectivity index (χ0) is 20.2. The second-order valence-corrected chi connectivity index (χ2v) is 8.20. The number of benzene rings is 1. The zero-order valence-electron chi connectivity index (χ0n) is 17.5. The number of nitrogens with zero attached hydrogens (tertiary/aromatic N) is 5. The van der Waals surface area contributed by atoms with Crippen molar-refractivity contribution >= 4 is 11.9 Å². The van der Waals surface area contributed by atoms with Gasteiger partial charge in [-0.25, -0.2) is 9.97 Å². The van der Waals surface area contributed by atoms with Gasteiger partial charge in [-0.1, -0.05) is 18.2 Å². The van der Waals surface area contributed by atoms with E-state index in [1.807, 2.05) is 11.0 Å². The highest BCUT2D eigenvalue weighted by Gasteiger charge is 2.28. The van der Waals surface area contributed by atoms with E-state index in [1.54, 1.807) is 12.4 Å². The molecule has 6 nitrogen and oxygen atoms in total. The summed E-state index contributed by atoms with van der Waals surface area (Å²) in [5.41, 5.74) is 4.09. The Morgan fingerprint density at radius 2 is 1.79 bits per heavy atom. The number of hydrogen-bond donors (Lipinski definition) is 0. The predicted octanol–water partition coefficient (Wildman–Crippen LogP) is 2.97. The third kappa shape index (κ3) is 4.58. The van der Waals surface area contributed by atoms with Crippen LogP contribution < -0.4 is 4.90 Å². The van der Waals surface area contributed by atoms with Crippen LogP contribution in [0.5, 0.6) is 0 Å². The lowest BCUT2D eigenvalue weighted by molar-refractivity contribution is -0.131. The molecule has 1 atom stereocenters. The van der Waals surface area contributed by atoms with Gasteiger partial charge in [0, 0.05) is 57.6 Å². The summed E-state index contributed by atoms with van der Waals surface area (Å²) in [5.74, 6) is 1.03. The Morgan fingerprint density at radius 1 is 1.03 bits per heavy atom. The molecule has 2 saturated heterocycles. The largest absolute Gasteiger partial charge is 0.339 e. The molecule has 2 aromatic rings. The number of amides is 1. The molecular formula is C23H31N5O. The molecule has 0 bridgehead atoms. The normalized spacial score (nSPS) is 20.3. The van der Waals surface area contributed by atoms with Crippen LogP contribution in [0.2, 0.25) is 0 Å². The Kier molecular flexibility index (Phi) is 6.09. The van der Waals surface area contributed by atoms with Crippen molar-refractivity contribution in [3.05, 3.63) is 53.3 Å². The molecule has 0 spiro atoms. The number of hydrogen-bond acceptors (Lipinski definition) is 5. The second kappa shape index (κ2) is 8.91. The summed E-state index contributed by atoms with van der Waals surface area (Å²) in [7, 11) is 0. The van der Waals surface area contributed by atoms with Gasteiger partial charge in [0.2, 0.25) is 11.9 Å². The van der Waals surface area contributed by atoms with Crippen molar-refractivity contribution in [1.82, 2.24) is 19.8 Å². The fourth-order valence-electron chi connectivity index (χ4n) is 4.45. The Bertz CT molecular complexity index is 832. The molecule has 1 aromatic carbocycles. The fraction of sp³-hybridized carbons (Fsp3) is 0.522. The maximum atomic E-state index is 12.8. The van der Waals surface area contributed by atoms with Crippen LogP contribution in [0, 0.1) is 13.8 Å². The highest BCUT2D eigenvalue weighted by atomic mass is 16.2. The summed E-state index contributed by atoms with van der Waals surface area (Å²) >= 11 is 0. The monoisotopic (exact) mass is 393 g/mol. The van der Waals surface area contributed by atoms with Crippen molar-refractivity contribution in [1.29, 1.82) is 0 Å². The molecule has 2 aliphatic heterocycles. The van der Waals surface area contributed by atoms with E-state index >= 15 is 0 Å². The van der Waals surface area contributed by atoms with Gasteiger partial charge in [-0.05, 0) is 56.0 Å². The van der Waals surface area contributed by atoms with E-state index in [-0.39, 0.29) is 5.91 Å². The van der Waals surface area contributed by atoms with E-state index in [2.05, 4.69) is 51.8 Å². The van der Waals surface area contributed by atoms with Gasteiger partial charge in [-0.3, -0.25) is 9.69 Å². The van der Waals surface area contributed by atoms with E-state index in [4.69, 9.17) is 0 Å². The average molecular weight is 394 g/mol. The van der Waals surface area contributed by atoms with Crippen molar-refractivity contribution in [2.24, 2.45) is 0 Å². The first-order valence-electron chi connectivity index (χ1n) is 10.7. The van der Waals surface area contributed by atoms with E-state index < -0.39 is 0 Å². The first kappa shape index (κ1) is 19.8. The van der Waals surface area contributed by atoms with Crippen LogP contribution in [-0.4, -0.2) is 64.9 Å². The predicted molar refractivity (Wildman–Crippen MR) is 115 cm³/mol. The van der Waals surface area contributed by atoms with E-state index in [9.17, 15) is 4.79 Å². The lowest BCUT2D eigenvalue weighted by atomic mass is 9.99. The third-order valence-corrected chi connectivity index (χ3v) is 6.36. The molecule has 154 valence electrons. The van der Waals surface area contributed by atoms with Gasteiger partial charge >= 0.3 is 0 Å². The molecule has 3 heterocycles. The molecule has 1 unspecified atom stereocenters. The van der Waals surface area contributed by atoms with Crippen LogP contribution in [-0.2, 0) is 4.79 Å². The summed E-state index contributed by atoms with van der Waals surface area (Å²) in [6.07, 6.45) is 6.53. The maximum absolute atomic E-state index is 12.8. The van der Waals surface area contributed by atoms with Gasteiger partial charge in [0.15, 0.2) is 0 Å². The summed E-state index contributed by atoms with van der Waals surface area (Å²) in [5, 5.41) is 0. The number of aromatic nitrogens is 2. The molecule has 29 heavy (non-hydrogen) atoms. The minimum atomic E-state index is 0.268. The molecule has 1 aromatic heterocycles. The van der Waals surface area contributed by atoms with Crippen molar-refractivity contribution in [3.63, 3.8) is 0 Å². The molecule has 2 aliphatic rings. The summed E-state index contributed by atoms with van der Waals surface area (Å²) in [6.45, 7) is 9.36. The molecule has 6 heteroatoms. The van der Waals surface area contributed by atoms with E-state index in [1.165, 1.54) is 29.5 Å². The van der Waals surface area contributed by atoms with Crippen LogP contribution in [0.3, 0.4) is 0 Å². The lowest BCUT2D eigenvalue weighted by Gasteiger charge is -2.35. The number of piperazine rings is 1. The summed E-state index contributed by atoms with van der Waals surface area (Å²) < 4.78 is 0. The number of rotatable bonds is 5. The molecule has 0 N–H and O–H groups in total. The lowest BCUT2D eigenvalue weighted by Crippen LogP contribution is -2.49. The number of anilines is 1. The Balaban J connectivity index is 1.28. The van der Waals surface area contributed by atoms with Crippen LogP contribution in [0.4, 0.5) is 5.95 Å². The van der Waals surface area contributed by atoms with Crippen molar-refractivity contribution in [2.75, 3.05) is 44.2 Å². The van der Waals surface area contributed by atoms with E-state index in [0.717, 1.165) is 45.2 Å². The summed E-state index contributed by atoms with van der Waals surface area (Å²) in [4.78, 5) is 28.1. The van der Waals surface area contributed by atoms with Crippen LogP contribution in [0.1, 0.15) is 42.0 Å². The van der Waals surface area contributed by atoms with Crippen LogP contribution >= 0.6 is 0 Å². The molecule has 0 radical (unpaired) electrons. The van der Waals surface area contributed by atoms with Gasteiger partial charge in [0.25, 0.3) is 0 Å². The second-order valence-electron chi connectivity index (χ2n) is 8.20. The Hall–Kier alpha value is -2.47. The van der Waals surface area contributed by atoms with Crippen molar-refractivity contribution < 1.29 is 4.79 Å². The van der Waals surface area contributed by atoms with Gasteiger partial charge in [-0.15, -0.1) is 0 Å². The van der Waals surface area contributed by atoms with Crippen molar-refractivity contribution in [2.45, 2.75) is 39.2 Å². The minimum absolute atomic E-state index is 0.268. The number of likely N-dealkylation sites (tertiary alicyclic amines) is 1. The highest BCUT2D eigenvalue weighted by Crippen LogP contribution is 2.32. The third-order valence-electron chi connectivity index (χ3n) is 6.36. The fourth-order valence-corrected chi connectivity index (χ4v) is 4.45. The standard InChI is InChI=1S/C23H31N5O/c1-18-6-7-20(17-19(18)2)21-5-3-11-26(21)12-8-22(29)27-13-15-28(16-14-27)23-24-9-4-10-25-23/h4,6-7,9-10,17,21H,3,5,8,11-16H2,1-2H3. The maximum Gasteiger partial charge on any atom is 0.225 e. The SMILES string of the molecule is Cc1ccc(C2CCCN2CCC(=O)N2CCN(c3ncccn3)CC2)cc1C. The quantitative estimate of drug-likeness (QED) is 0.782. The first-order valence-corrected chi connectivity index (χ1v) is 10.7. The molecular weight excluding hydrogens is 362 g/mol. The van der Waals surface area contributed by atoms with Crippen LogP contribution in [0.25, 0.3) is 0 Å². The highest BCUT2D eigenvalue weighted by molar-refractivity contribution is 5.76. The first-order chi connectivity index (χ1) is 14.1. The minimum Gasteiger partial charge on any atom is -0.339 e. The molecule has 0 saturated carbocycles. The Labute approximate surface area is 173 Å². The van der Waals surface area contributed by atoms with Gasteiger partial charge in [0.1, 0.15) is 0 Å². The Morgan fingerprint density at radius 3 is 2.52 bits per heavy atom. The number of aryl methyl sites for hydroxylation is 2. The van der Waals surface area contributed by atoms with Gasteiger partial charge in [-0.2, -0.15) is 0 Å². The zero-order valence-corrected chi connectivity index (χ0v) is 17.5. The van der Waals surface area contributed by atoms with Crippen molar-refractivity contribution in [3.8, 4) is 0 Å². The average Bonchev–Trinajstić information content (AvgIpc) is 3.23. The molecule has 1 amide bonds. The number of carbonyl (C=O) groups excluding carboxylic acids is 1. The topological polar surface area (TPSA) is 52.6 Å². The molecule has 2 fully saturated rings. The smallest absolute Gasteiger partial charge is 0.225 e. The van der Waals surface area contributed by atoms with Gasteiger partial charge in [0.05, 0.1) is 0 Å². The molecule has 4 rings (SSSR count). The van der Waals surface area contributed by atoms with Crippen LogP contribution in [0.15, 0.2) is 36.7 Å². The van der Waals surface area contributed by atoms with Gasteiger partial charge < -0.3 is 9.80 Å².